The van der Waals surface area contributed by atoms with E-state index in [-0.39, 0.29) is 16.8 Å². The second-order valence-corrected chi connectivity index (χ2v) is 9.49. The molecule has 0 aliphatic rings. The minimum absolute atomic E-state index is 0.197. The van der Waals surface area contributed by atoms with Gasteiger partial charge in [0.2, 0.25) is 0 Å². The van der Waals surface area contributed by atoms with E-state index < -0.39 is 11.0 Å². The number of nitrogens with two attached hydrogens (primary N) is 1. The van der Waals surface area contributed by atoms with Crippen molar-refractivity contribution in [3.05, 3.63) is 60.2 Å². The van der Waals surface area contributed by atoms with Gasteiger partial charge >= 0.3 is 0 Å². The smallest absolute Gasteiger partial charge is 0.0972 e. The second kappa shape index (κ2) is 11.2. The second-order valence-electron chi connectivity index (χ2n) is 7.50. The molecule has 0 amide bonds. The van der Waals surface area contributed by atoms with Crippen molar-refractivity contribution in [1.82, 2.24) is 14.7 Å². The highest BCUT2D eigenvalue weighted by Crippen LogP contribution is 2.10. The minimum atomic E-state index is -1.01. The third kappa shape index (κ3) is 9.75. The lowest BCUT2D eigenvalue weighted by Gasteiger charge is -2.21. The lowest BCUT2D eigenvalue weighted by atomic mass is 10.1. The van der Waals surface area contributed by atoms with Gasteiger partial charge in [-0.3, -0.25) is 9.97 Å². The summed E-state index contributed by atoms with van der Waals surface area (Å²) in [5, 5.41) is 0. The first-order valence-electron chi connectivity index (χ1n) is 8.90. The molecule has 2 heterocycles. The molecular weight excluding hydrogens is 344 g/mol. The van der Waals surface area contributed by atoms with Gasteiger partial charge in [-0.15, -0.1) is 0 Å². The molecule has 2 aromatic rings. The largest absolute Gasteiger partial charge is 0.328 e. The highest BCUT2D eigenvalue weighted by Gasteiger charge is 2.21. The van der Waals surface area contributed by atoms with Gasteiger partial charge in [0.05, 0.1) is 15.7 Å². The summed E-state index contributed by atoms with van der Waals surface area (Å²) in [4.78, 5) is 7.88. The fourth-order valence-corrected chi connectivity index (χ4v) is 2.97. The number of aromatic nitrogens is 2. The zero-order chi connectivity index (χ0) is 19.6. The Morgan fingerprint density at radius 3 is 1.77 bits per heavy atom. The first-order valence-corrected chi connectivity index (χ1v) is 10.0. The van der Waals surface area contributed by atoms with Gasteiger partial charge in [0, 0.05) is 36.9 Å². The van der Waals surface area contributed by atoms with Crippen LogP contribution in [0.1, 0.15) is 45.7 Å². The standard InChI is InChI=1S/C12H20N2OS.C8H12N2/c1-10(14-16(15)12(2,3)4)9-11-5-7-13-8-6-11;1-7(9)6-8-2-4-10-5-3-8/h5-8,10,14H,9H2,1-4H3;2-5,7H,6,9H2,1H3/t10-,16+;7-/m00/s1. The fourth-order valence-electron chi connectivity index (χ4n) is 2.16. The third-order valence-corrected chi connectivity index (χ3v) is 5.19. The number of nitrogens with one attached hydrogen (secondary N) is 1. The number of hydrogen-bond donors (Lipinski definition) is 2. The molecule has 0 unspecified atom stereocenters. The summed E-state index contributed by atoms with van der Waals surface area (Å²) in [6, 6.07) is 8.38. The van der Waals surface area contributed by atoms with Crippen molar-refractivity contribution < 1.29 is 4.21 Å². The third-order valence-electron chi connectivity index (χ3n) is 3.46. The Kier molecular flexibility index (Phi) is 9.62. The van der Waals surface area contributed by atoms with E-state index in [9.17, 15) is 4.21 Å². The van der Waals surface area contributed by atoms with Crippen molar-refractivity contribution in [2.45, 2.75) is 64.3 Å². The van der Waals surface area contributed by atoms with Gasteiger partial charge < -0.3 is 5.73 Å². The van der Waals surface area contributed by atoms with Crippen molar-refractivity contribution >= 4 is 11.0 Å². The van der Waals surface area contributed by atoms with Crippen LogP contribution in [0.2, 0.25) is 0 Å². The average Bonchev–Trinajstić information content (AvgIpc) is 2.55. The molecule has 3 N–H and O–H groups in total. The summed E-state index contributed by atoms with van der Waals surface area (Å²) < 4.78 is 14.8. The van der Waals surface area contributed by atoms with Crippen LogP contribution in [0.15, 0.2) is 49.1 Å². The van der Waals surface area contributed by atoms with Crippen LogP contribution in [0.5, 0.6) is 0 Å². The van der Waals surface area contributed by atoms with Crippen LogP contribution in [0.4, 0.5) is 0 Å². The van der Waals surface area contributed by atoms with Crippen LogP contribution in [0.25, 0.3) is 0 Å². The maximum absolute atomic E-state index is 11.9. The van der Waals surface area contributed by atoms with Crippen LogP contribution in [0, 0.1) is 0 Å². The molecule has 0 saturated carbocycles. The molecule has 3 atom stereocenters. The van der Waals surface area contributed by atoms with E-state index in [1.807, 2.05) is 58.9 Å². The Morgan fingerprint density at radius 1 is 0.962 bits per heavy atom. The topological polar surface area (TPSA) is 80.9 Å². The quantitative estimate of drug-likeness (QED) is 0.812. The Bertz CT molecular complexity index is 642. The van der Waals surface area contributed by atoms with Gasteiger partial charge in [0.15, 0.2) is 0 Å². The molecule has 2 aromatic heterocycles. The highest BCUT2D eigenvalue weighted by molar-refractivity contribution is 7.84. The fraction of sp³-hybridized carbons (Fsp3) is 0.500. The summed E-state index contributed by atoms with van der Waals surface area (Å²) in [6.07, 6.45) is 8.94. The molecule has 144 valence electrons. The van der Waals surface area contributed by atoms with Crippen LogP contribution >= 0.6 is 0 Å². The van der Waals surface area contributed by atoms with Crippen LogP contribution in [0.3, 0.4) is 0 Å². The van der Waals surface area contributed by atoms with Gasteiger partial charge in [0.1, 0.15) is 0 Å². The zero-order valence-corrected chi connectivity index (χ0v) is 17.3. The number of hydrogen-bond acceptors (Lipinski definition) is 4. The van der Waals surface area contributed by atoms with Crippen molar-refractivity contribution in [2.75, 3.05) is 0 Å². The van der Waals surface area contributed by atoms with E-state index in [0.29, 0.717) is 0 Å². The predicted molar refractivity (Wildman–Crippen MR) is 110 cm³/mol. The van der Waals surface area contributed by atoms with Crippen LogP contribution in [-0.4, -0.2) is 31.0 Å². The molecule has 26 heavy (non-hydrogen) atoms. The molecule has 2 rings (SSSR count). The summed E-state index contributed by atoms with van der Waals surface area (Å²) in [7, 11) is -1.01. The van der Waals surface area contributed by atoms with Crippen molar-refractivity contribution in [1.29, 1.82) is 0 Å². The van der Waals surface area contributed by atoms with Crippen LogP contribution < -0.4 is 10.5 Å². The Labute approximate surface area is 160 Å². The molecule has 5 nitrogen and oxygen atoms in total. The molecule has 6 heteroatoms. The molecular formula is C20H32N4OS. The summed E-state index contributed by atoms with van der Waals surface area (Å²) in [5.74, 6) is 0. The molecule has 0 aliphatic heterocycles. The van der Waals surface area contributed by atoms with E-state index >= 15 is 0 Å². The predicted octanol–water partition coefficient (Wildman–Crippen LogP) is 3.04. The van der Waals surface area contributed by atoms with E-state index in [4.69, 9.17) is 5.73 Å². The highest BCUT2D eigenvalue weighted by atomic mass is 32.2. The monoisotopic (exact) mass is 376 g/mol. The van der Waals surface area contributed by atoms with E-state index in [1.165, 1.54) is 11.1 Å². The van der Waals surface area contributed by atoms with Crippen molar-refractivity contribution in [3.63, 3.8) is 0 Å². The van der Waals surface area contributed by atoms with E-state index in [1.54, 1.807) is 24.8 Å². The van der Waals surface area contributed by atoms with Crippen molar-refractivity contribution in [2.24, 2.45) is 5.73 Å². The molecule has 0 aliphatic carbocycles. The van der Waals surface area contributed by atoms with Gasteiger partial charge in [-0.2, -0.15) is 0 Å². The zero-order valence-electron chi connectivity index (χ0n) is 16.5. The van der Waals surface area contributed by atoms with E-state index in [2.05, 4.69) is 14.7 Å². The number of pyridine rings is 2. The number of rotatable bonds is 6. The van der Waals surface area contributed by atoms with Gasteiger partial charge in [-0.05, 0) is 82.9 Å². The average molecular weight is 377 g/mol. The summed E-state index contributed by atoms with van der Waals surface area (Å²) >= 11 is 0. The van der Waals surface area contributed by atoms with Gasteiger partial charge in [0.25, 0.3) is 0 Å². The Hall–Kier alpha value is -1.63. The Morgan fingerprint density at radius 2 is 1.38 bits per heavy atom. The van der Waals surface area contributed by atoms with Gasteiger partial charge in [-0.25, -0.2) is 8.93 Å². The lowest BCUT2D eigenvalue weighted by molar-refractivity contribution is 0.603. The van der Waals surface area contributed by atoms with E-state index in [0.717, 1.165) is 12.8 Å². The normalized spacial score (nSPS) is 14.7. The summed E-state index contributed by atoms with van der Waals surface area (Å²) in [6.45, 7) is 9.95. The van der Waals surface area contributed by atoms with Crippen LogP contribution in [-0.2, 0) is 23.8 Å². The molecule has 0 radical (unpaired) electrons. The summed E-state index contributed by atoms with van der Waals surface area (Å²) in [5.41, 5.74) is 8.07. The maximum Gasteiger partial charge on any atom is 0.0972 e. The molecule has 0 fully saturated rings. The van der Waals surface area contributed by atoms with Gasteiger partial charge in [-0.1, -0.05) is 0 Å². The van der Waals surface area contributed by atoms with Crippen molar-refractivity contribution in [3.8, 4) is 0 Å². The SMILES string of the molecule is C[C@@H](Cc1ccncc1)N[S@](=O)C(C)(C)C.C[C@H](N)Cc1ccncc1. The molecule has 0 bridgehead atoms. The first-order chi connectivity index (χ1) is 12.2. The first kappa shape index (κ1) is 22.4. The maximum atomic E-state index is 11.9. The minimum Gasteiger partial charge on any atom is -0.328 e. The lowest BCUT2D eigenvalue weighted by Crippen LogP contribution is -2.39. The molecule has 0 saturated heterocycles. The Balaban J connectivity index is 0.000000289. The molecule has 0 spiro atoms. The number of nitrogens with zero attached hydrogens (tertiary/aromatic N) is 2. The molecule has 0 aromatic carbocycles.